The molecule has 0 aromatic carbocycles. The molecule has 0 saturated heterocycles. The number of hydrogen-bond donors (Lipinski definition) is 1. The van der Waals surface area contributed by atoms with Crippen molar-refractivity contribution in [3.8, 4) is 0 Å². The van der Waals surface area contributed by atoms with Crippen LogP contribution in [0.5, 0.6) is 0 Å². The number of fused-ring (bicyclic) bond motifs is 1. The lowest BCUT2D eigenvalue weighted by Gasteiger charge is -2.08. The quantitative estimate of drug-likeness (QED) is 0.589. The van der Waals surface area contributed by atoms with E-state index in [0.717, 1.165) is 24.2 Å². The Morgan fingerprint density at radius 3 is 3.09 bits per heavy atom. The van der Waals surface area contributed by atoms with Gasteiger partial charge in [-0.3, -0.25) is 4.99 Å². The maximum absolute atomic E-state index is 5.58. The van der Waals surface area contributed by atoms with E-state index < -0.39 is 0 Å². The number of aromatic nitrogens is 2. The molecule has 0 radical (unpaired) electrons. The fourth-order valence-corrected chi connectivity index (χ4v) is 1.11. The monoisotopic (exact) mass is 148 g/mol. The third-order valence-corrected chi connectivity index (χ3v) is 1.66. The first kappa shape index (κ1) is 6.27. The number of aryl methyl sites for hydroxylation is 1. The smallest absolute Gasteiger partial charge is 0.153 e. The highest BCUT2D eigenvalue weighted by molar-refractivity contribution is 5.73. The number of nitrogen functional groups attached to an aromatic ring is 1. The molecule has 1 aromatic rings. The minimum Gasteiger partial charge on any atom is -0.382 e. The summed E-state index contributed by atoms with van der Waals surface area (Å²) < 4.78 is 0. The van der Waals surface area contributed by atoms with Crippen LogP contribution in [0.15, 0.2) is 11.3 Å². The van der Waals surface area contributed by atoms with Crippen LogP contribution in [0.3, 0.4) is 0 Å². The normalized spacial score (nSPS) is 14.5. The number of anilines is 1. The Morgan fingerprint density at radius 1 is 1.36 bits per heavy atom. The summed E-state index contributed by atoms with van der Waals surface area (Å²) in [4.78, 5) is 12.0. The molecule has 4 heteroatoms. The fourth-order valence-electron chi connectivity index (χ4n) is 1.11. The molecule has 0 spiro atoms. The molecular formula is C7H8N4. The first-order valence-electron chi connectivity index (χ1n) is 3.50. The van der Waals surface area contributed by atoms with E-state index in [2.05, 4.69) is 15.0 Å². The third kappa shape index (κ3) is 0.960. The van der Waals surface area contributed by atoms with Crippen LogP contribution in [0, 0.1) is 0 Å². The molecule has 0 aliphatic carbocycles. The molecular weight excluding hydrogens is 140 g/mol. The van der Waals surface area contributed by atoms with Gasteiger partial charge in [-0.05, 0) is 12.8 Å². The number of hydrogen-bond acceptors (Lipinski definition) is 4. The molecule has 2 N–H and O–H groups in total. The Bertz CT molecular complexity index is 305. The van der Waals surface area contributed by atoms with Gasteiger partial charge in [-0.25, -0.2) is 9.97 Å². The van der Waals surface area contributed by atoms with Crippen molar-refractivity contribution in [2.24, 2.45) is 4.99 Å². The van der Waals surface area contributed by atoms with Gasteiger partial charge in [0.2, 0.25) is 0 Å². The molecule has 2 rings (SSSR count). The number of aliphatic imine (C=N–C) groups is 1. The molecule has 0 unspecified atom stereocenters. The molecule has 2 heterocycles. The molecule has 1 aliphatic rings. The van der Waals surface area contributed by atoms with Crippen LogP contribution in [-0.2, 0) is 6.42 Å². The molecule has 11 heavy (non-hydrogen) atoms. The summed E-state index contributed by atoms with van der Waals surface area (Å²) in [5, 5.41) is 0. The highest BCUT2D eigenvalue weighted by atomic mass is 15.0. The summed E-state index contributed by atoms with van der Waals surface area (Å²) in [6.07, 6.45) is 5.20. The summed E-state index contributed by atoms with van der Waals surface area (Å²) >= 11 is 0. The average Bonchev–Trinajstić information content (AvgIpc) is 2.06. The lowest BCUT2D eigenvalue weighted by Crippen LogP contribution is -2.01. The predicted molar refractivity (Wildman–Crippen MR) is 42.9 cm³/mol. The third-order valence-electron chi connectivity index (χ3n) is 1.66. The van der Waals surface area contributed by atoms with Crippen molar-refractivity contribution in [2.75, 3.05) is 5.73 Å². The molecule has 0 bridgehead atoms. The lowest BCUT2D eigenvalue weighted by molar-refractivity contribution is 0.940. The molecule has 0 saturated carbocycles. The first-order valence-corrected chi connectivity index (χ1v) is 3.50. The second-order valence-corrected chi connectivity index (χ2v) is 2.40. The van der Waals surface area contributed by atoms with Crippen LogP contribution in [0.1, 0.15) is 12.1 Å². The van der Waals surface area contributed by atoms with Gasteiger partial charge in [0.25, 0.3) is 0 Å². The second-order valence-electron chi connectivity index (χ2n) is 2.40. The van der Waals surface area contributed by atoms with E-state index in [-0.39, 0.29) is 0 Å². The summed E-state index contributed by atoms with van der Waals surface area (Å²) in [5.74, 6) is 0.478. The summed E-state index contributed by atoms with van der Waals surface area (Å²) in [6.45, 7) is 0. The van der Waals surface area contributed by atoms with Crippen LogP contribution >= 0.6 is 0 Å². The van der Waals surface area contributed by atoms with Crippen molar-refractivity contribution < 1.29 is 0 Å². The van der Waals surface area contributed by atoms with Crippen molar-refractivity contribution in [2.45, 2.75) is 12.8 Å². The highest BCUT2D eigenvalue weighted by Crippen LogP contribution is 2.25. The van der Waals surface area contributed by atoms with Gasteiger partial charge in [-0.15, -0.1) is 0 Å². The number of nitrogens with two attached hydrogens (primary N) is 1. The Morgan fingerprint density at radius 2 is 2.27 bits per heavy atom. The van der Waals surface area contributed by atoms with E-state index >= 15 is 0 Å². The number of nitrogens with zero attached hydrogens (tertiary/aromatic N) is 3. The summed E-state index contributed by atoms with van der Waals surface area (Å²) in [5.41, 5.74) is 7.28. The number of rotatable bonds is 0. The zero-order valence-electron chi connectivity index (χ0n) is 5.99. The molecule has 56 valence electrons. The van der Waals surface area contributed by atoms with E-state index in [1.165, 1.54) is 6.33 Å². The Kier molecular flexibility index (Phi) is 1.31. The molecule has 0 atom stereocenters. The van der Waals surface area contributed by atoms with Gasteiger partial charge >= 0.3 is 0 Å². The van der Waals surface area contributed by atoms with Gasteiger partial charge in [-0.2, -0.15) is 0 Å². The standard InChI is InChI=1S/C7H8N4/c8-7-6-5(10-4-11-7)2-1-3-9-6/h3-4H,1-2H2,(H2,8,10,11). The topological polar surface area (TPSA) is 64.2 Å². The highest BCUT2D eigenvalue weighted by Gasteiger charge is 2.09. The van der Waals surface area contributed by atoms with E-state index in [9.17, 15) is 0 Å². The molecule has 0 fully saturated rings. The summed E-state index contributed by atoms with van der Waals surface area (Å²) in [7, 11) is 0. The van der Waals surface area contributed by atoms with Crippen molar-refractivity contribution in [3.63, 3.8) is 0 Å². The van der Waals surface area contributed by atoms with Gasteiger partial charge in [-0.1, -0.05) is 0 Å². The minimum absolute atomic E-state index is 0.478. The Balaban J connectivity index is 2.60. The van der Waals surface area contributed by atoms with Crippen molar-refractivity contribution in [1.29, 1.82) is 0 Å². The van der Waals surface area contributed by atoms with Crippen LogP contribution in [0.25, 0.3) is 0 Å². The summed E-state index contributed by atoms with van der Waals surface area (Å²) in [6, 6.07) is 0. The van der Waals surface area contributed by atoms with Gasteiger partial charge in [0.15, 0.2) is 5.82 Å². The molecule has 0 amide bonds. The predicted octanol–water partition coefficient (Wildman–Crippen LogP) is 0.707. The van der Waals surface area contributed by atoms with E-state index in [0.29, 0.717) is 5.82 Å². The average molecular weight is 148 g/mol. The van der Waals surface area contributed by atoms with Crippen molar-refractivity contribution in [1.82, 2.24) is 9.97 Å². The maximum atomic E-state index is 5.58. The van der Waals surface area contributed by atoms with E-state index in [4.69, 9.17) is 5.73 Å². The van der Waals surface area contributed by atoms with Gasteiger partial charge in [0.1, 0.15) is 12.0 Å². The van der Waals surface area contributed by atoms with Gasteiger partial charge in [0.05, 0.1) is 5.69 Å². The van der Waals surface area contributed by atoms with E-state index in [1.807, 2.05) is 6.21 Å². The molecule has 1 aliphatic heterocycles. The SMILES string of the molecule is Nc1ncnc2c1N=CCC2. The largest absolute Gasteiger partial charge is 0.382 e. The Hall–Kier alpha value is -1.45. The van der Waals surface area contributed by atoms with Gasteiger partial charge < -0.3 is 5.73 Å². The first-order chi connectivity index (χ1) is 5.38. The van der Waals surface area contributed by atoms with Crippen LogP contribution in [0.2, 0.25) is 0 Å². The van der Waals surface area contributed by atoms with Gasteiger partial charge in [0, 0.05) is 6.21 Å². The zero-order chi connectivity index (χ0) is 7.68. The Labute approximate surface area is 64.2 Å². The zero-order valence-corrected chi connectivity index (χ0v) is 5.99. The van der Waals surface area contributed by atoms with Crippen molar-refractivity contribution >= 4 is 17.7 Å². The fraction of sp³-hybridized carbons (Fsp3) is 0.286. The maximum Gasteiger partial charge on any atom is 0.153 e. The minimum atomic E-state index is 0.478. The van der Waals surface area contributed by atoms with Crippen LogP contribution in [0.4, 0.5) is 11.5 Å². The van der Waals surface area contributed by atoms with Crippen LogP contribution in [-0.4, -0.2) is 16.2 Å². The van der Waals surface area contributed by atoms with Crippen LogP contribution < -0.4 is 5.73 Å². The molecule has 4 nitrogen and oxygen atoms in total. The second kappa shape index (κ2) is 2.30. The van der Waals surface area contributed by atoms with E-state index in [1.54, 1.807) is 0 Å². The lowest BCUT2D eigenvalue weighted by atomic mass is 10.2. The molecule has 1 aromatic heterocycles. The van der Waals surface area contributed by atoms with Crippen molar-refractivity contribution in [3.05, 3.63) is 12.0 Å².